The second kappa shape index (κ2) is 7.48. The Bertz CT molecular complexity index is 596. The van der Waals surface area contributed by atoms with Crippen LogP contribution in [0.4, 0.5) is 0 Å². The van der Waals surface area contributed by atoms with Gasteiger partial charge < -0.3 is 10.1 Å². The zero-order valence-electron chi connectivity index (χ0n) is 11.5. The highest BCUT2D eigenvalue weighted by Gasteiger charge is 2.10. The highest BCUT2D eigenvalue weighted by Crippen LogP contribution is 2.16. The Morgan fingerprint density at radius 3 is 3.05 bits per heavy atom. The van der Waals surface area contributed by atoms with Gasteiger partial charge in [-0.05, 0) is 23.6 Å². The number of nitrogens with zero attached hydrogens (tertiary/aromatic N) is 4. The van der Waals surface area contributed by atoms with Gasteiger partial charge in [0.15, 0.2) is 0 Å². The van der Waals surface area contributed by atoms with Crippen molar-refractivity contribution in [2.45, 2.75) is 19.9 Å². The molecular formula is C12H15N5O3S. The van der Waals surface area contributed by atoms with Crippen molar-refractivity contribution in [3.8, 4) is 11.4 Å². The van der Waals surface area contributed by atoms with Crippen LogP contribution in [0, 0.1) is 0 Å². The van der Waals surface area contributed by atoms with E-state index < -0.39 is 0 Å². The summed E-state index contributed by atoms with van der Waals surface area (Å²) in [6.07, 6.45) is 0.143. The summed E-state index contributed by atoms with van der Waals surface area (Å²) in [5.74, 6) is -0.138. The van der Waals surface area contributed by atoms with Crippen LogP contribution < -0.4 is 5.32 Å². The third kappa shape index (κ3) is 4.63. The molecule has 2 aromatic rings. The molecule has 112 valence electrons. The summed E-state index contributed by atoms with van der Waals surface area (Å²) < 4.78 is 4.76. The van der Waals surface area contributed by atoms with E-state index in [9.17, 15) is 9.59 Å². The Hall–Kier alpha value is -2.29. The number of carbonyl (C=O) groups excluding carboxylic acids is 2. The number of nitrogens with one attached hydrogen (secondary N) is 1. The minimum atomic E-state index is -0.337. The quantitative estimate of drug-likeness (QED) is 0.746. The molecule has 0 aliphatic heterocycles. The predicted molar refractivity (Wildman–Crippen MR) is 75.4 cm³/mol. The van der Waals surface area contributed by atoms with E-state index in [0.29, 0.717) is 12.4 Å². The van der Waals surface area contributed by atoms with Gasteiger partial charge in [-0.25, -0.2) is 0 Å². The Kier molecular flexibility index (Phi) is 5.38. The SMILES string of the molecule is CCOC(=O)CCNC(=O)Cn1nnc(-c2ccsc2)n1. The van der Waals surface area contributed by atoms with Crippen LogP contribution in [0.2, 0.25) is 0 Å². The first-order valence-electron chi connectivity index (χ1n) is 6.41. The average molecular weight is 309 g/mol. The lowest BCUT2D eigenvalue weighted by Crippen LogP contribution is -2.30. The normalized spacial score (nSPS) is 10.3. The number of tetrazole rings is 1. The van der Waals surface area contributed by atoms with Gasteiger partial charge in [-0.3, -0.25) is 9.59 Å². The molecule has 0 saturated carbocycles. The molecule has 21 heavy (non-hydrogen) atoms. The summed E-state index contributed by atoms with van der Waals surface area (Å²) in [5.41, 5.74) is 0.869. The van der Waals surface area contributed by atoms with Crippen molar-refractivity contribution in [1.29, 1.82) is 0 Å². The van der Waals surface area contributed by atoms with Crippen LogP contribution in [-0.4, -0.2) is 45.2 Å². The second-order valence-corrected chi connectivity index (χ2v) is 4.84. The first-order valence-corrected chi connectivity index (χ1v) is 7.36. The molecule has 1 amide bonds. The maximum atomic E-state index is 11.7. The Labute approximate surface area is 125 Å². The number of ether oxygens (including phenoxy) is 1. The van der Waals surface area contributed by atoms with Gasteiger partial charge in [0.1, 0.15) is 6.54 Å². The molecule has 0 saturated heterocycles. The number of carbonyl (C=O) groups is 2. The molecular weight excluding hydrogens is 294 g/mol. The van der Waals surface area contributed by atoms with Gasteiger partial charge in [0, 0.05) is 17.5 Å². The first kappa shape index (κ1) is 15.1. The van der Waals surface area contributed by atoms with E-state index in [0.717, 1.165) is 5.56 Å². The van der Waals surface area contributed by atoms with E-state index >= 15 is 0 Å². The highest BCUT2D eigenvalue weighted by atomic mass is 32.1. The van der Waals surface area contributed by atoms with Crippen LogP contribution in [0.25, 0.3) is 11.4 Å². The van der Waals surface area contributed by atoms with Crippen LogP contribution >= 0.6 is 11.3 Å². The van der Waals surface area contributed by atoms with Crippen LogP contribution in [0.15, 0.2) is 16.8 Å². The van der Waals surface area contributed by atoms with Gasteiger partial charge in [-0.15, -0.1) is 10.2 Å². The maximum absolute atomic E-state index is 11.7. The smallest absolute Gasteiger partial charge is 0.307 e. The summed E-state index contributed by atoms with van der Waals surface area (Å²) in [4.78, 5) is 24.0. The molecule has 0 aliphatic rings. The van der Waals surface area contributed by atoms with E-state index in [1.807, 2.05) is 16.8 Å². The number of hydrogen-bond acceptors (Lipinski definition) is 7. The lowest BCUT2D eigenvalue weighted by molar-refractivity contribution is -0.143. The van der Waals surface area contributed by atoms with Crippen molar-refractivity contribution in [3.63, 3.8) is 0 Å². The third-order valence-corrected chi connectivity index (χ3v) is 3.16. The van der Waals surface area contributed by atoms with Crippen LogP contribution in [0.3, 0.4) is 0 Å². The molecule has 0 aliphatic carbocycles. The number of rotatable bonds is 7. The molecule has 0 bridgehead atoms. The Morgan fingerprint density at radius 2 is 2.33 bits per heavy atom. The zero-order chi connectivity index (χ0) is 15.1. The minimum absolute atomic E-state index is 0.0417. The van der Waals surface area contributed by atoms with E-state index in [1.165, 1.54) is 16.1 Å². The van der Waals surface area contributed by atoms with Crippen molar-refractivity contribution in [2.75, 3.05) is 13.2 Å². The third-order valence-electron chi connectivity index (χ3n) is 2.47. The second-order valence-electron chi connectivity index (χ2n) is 4.06. The molecule has 0 unspecified atom stereocenters. The van der Waals surface area contributed by atoms with Crippen LogP contribution in [-0.2, 0) is 20.9 Å². The fourth-order valence-corrected chi connectivity index (χ4v) is 2.17. The molecule has 0 fully saturated rings. The van der Waals surface area contributed by atoms with Crippen molar-refractivity contribution in [1.82, 2.24) is 25.5 Å². The summed E-state index contributed by atoms with van der Waals surface area (Å²) in [6, 6.07) is 1.88. The summed E-state index contributed by atoms with van der Waals surface area (Å²) in [7, 11) is 0. The van der Waals surface area contributed by atoms with Gasteiger partial charge in [0.25, 0.3) is 0 Å². The highest BCUT2D eigenvalue weighted by molar-refractivity contribution is 7.08. The summed E-state index contributed by atoms with van der Waals surface area (Å²) in [6.45, 7) is 2.25. The van der Waals surface area contributed by atoms with Gasteiger partial charge in [0.2, 0.25) is 11.7 Å². The summed E-state index contributed by atoms with van der Waals surface area (Å²) >= 11 is 1.54. The standard InChI is InChI=1S/C12H15N5O3S/c1-2-20-11(19)3-5-13-10(18)7-17-15-12(14-16-17)9-4-6-21-8-9/h4,6,8H,2-3,5,7H2,1H3,(H,13,18). The molecule has 1 N–H and O–H groups in total. The lowest BCUT2D eigenvalue weighted by atomic mass is 10.3. The Morgan fingerprint density at radius 1 is 1.48 bits per heavy atom. The van der Waals surface area contributed by atoms with Crippen molar-refractivity contribution in [2.24, 2.45) is 0 Å². The predicted octanol–water partition coefficient (Wildman–Crippen LogP) is 0.471. The van der Waals surface area contributed by atoms with Crippen molar-refractivity contribution >= 4 is 23.2 Å². The number of esters is 1. The molecule has 8 nitrogen and oxygen atoms in total. The van der Waals surface area contributed by atoms with Gasteiger partial charge >= 0.3 is 5.97 Å². The number of aromatic nitrogens is 4. The fourth-order valence-electron chi connectivity index (χ4n) is 1.54. The largest absolute Gasteiger partial charge is 0.466 e. The van der Waals surface area contributed by atoms with Crippen LogP contribution in [0.5, 0.6) is 0 Å². The number of amides is 1. The molecule has 0 aromatic carbocycles. The van der Waals surface area contributed by atoms with Crippen molar-refractivity contribution in [3.05, 3.63) is 16.8 Å². The van der Waals surface area contributed by atoms with E-state index in [-0.39, 0.29) is 31.4 Å². The maximum Gasteiger partial charge on any atom is 0.307 e. The van der Waals surface area contributed by atoms with E-state index in [2.05, 4.69) is 20.7 Å². The molecule has 2 aromatic heterocycles. The van der Waals surface area contributed by atoms with E-state index in [4.69, 9.17) is 4.74 Å². The fraction of sp³-hybridized carbons (Fsp3) is 0.417. The van der Waals surface area contributed by atoms with E-state index in [1.54, 1.807) is 6.92 Å². The van der Waals surface area contributed by atoms with Crippen LogP contribution in [0.1, 0.15) is 13.3 Å². The Balaban J connectivity index is 1.77. The molecule has 0 radical (unpaired) electrons. The number of thiophene rings is 1. The van der Waals surface area contributed by atoms with Gasteiger partial charge in [-0.2, -0.15) is 16.1 Å². The molecule has 0 spiro atoms. The molecule has 2 rings (SSSR count). The minimum Gasteiger partial charge on any atom is -0.466 e. The number of hydrogen-bond donors (Lipinski definition) is 1. The van der Waals surface area contributed by atoms with Gasteiger partial charge in [-0.1, -0.05) is 0 Å². The van der Waals surface area contributed by atoms with Crippen molar-refractivity contribution < 1.29 is 14.3 Å². The zero-order valence-corrected chi connectivity index (χ0v) is 12.3. The first-order chi connectivity index (χ1) is 10.2. The average Bonchev–Trinajstić information content (AvgIpc) is 3.09. The monoisotopic (exact) mass is 309 g/mol. The summed E-state index contributed by atoms with van der Waals surface area (Å²) in [5, 5.41) is 18.2. The molecule has 2 heterocycles. The lowest BCUT2D eigenvalue weighted by Gasteiger charge is -2.04. The topological polar surface area (TPSA) is 99.0 Å². The molecule has 0 atom stereocenters. The molecule has 9 heteroatoms. The van der Waals surface area contributed by atoms with Gasteiger partial charge in [0.05, 0.1) is 13.0 Å².